The monoisotopic (exact) mass is 589 g/mol. The summed E-state index contributed by atoms with van der Waals surface area (Å²) >= 11 is 12.9. The molecular formula is C31H41Cl2NO4Si. The van der Waals surface area contributed by atoms with Crippen molar-refractivity contribution >= 4 is 43.4 Å². The number of benzene rings is 2. The Bertz CT molecular complexity index is 1220. The largest absolute Gasteiger partial charge is 0.466 e. The maximum atomic E-state index is 14.0. The van der Waals surface area contributed by atoms with E-state index in [0.29, 0.717) is 35.2 Å². The fourth-order valence-corrected chi connectivity index (χ4v) is 7.04. The first-order valence-corrected chi connectivity index (χ1v) is 17.6. The highest BCUT2D eigenvalue weighted by Crippen LogP contribution is 2.51. The number of carbonyl (C=O) groups excluding carboxylic acids is 2. The number of hydrogen-bond donors (Lipinski definition) is 0. The van der Waals surface area contributed by atoms with Gasteiger partial charge in [-0.2, -0.15) is 0 Å². The Kier molecular flexibility index (Phi) is 8.92. The van der Waals surface area contributed by atoms with Gasteiger partial charge in [-0.15, -0.1) is 0 Å². The van der Waals surface area contributed by atoms with Crippen LogP contribution in [-0.2, 0) is 31.6 Å². The Hall–Kier alpha value is -1.86. The molecule has 0 saturated heterocycles. The van der Waals surface area contributed by atoms with Gasteiger partial charge in [-0.05, 0) is 85.1 Å². The molecule has 1 amide bonds. The SMILES string of the molecule is CCOC(=O)[C@@H]1C[C@H]1c1cccc2c1C[C@H](CO[Si](C)(C)C(C)(C)C)N(C(=O)Cc1c(Cl)cccc1Cl)[C@H]2C. The first kappa shape index (κ1) is 30.1. The van der Waals surface area contributed by atoms with Crippen LogP contribution in [0.5, 0.6) is 0 Å². The van der Waals surface area contributed by atoms with E-state index in [2.05, 4.69) is 52.9 Å². The number of ether oxygens (including phenoxy) is 1. The van der Waals surface area contributed by atoms with E-state index in [1.165, 1.54) is 11.1 Å². The van der Waals surface area contributed by atoms with Crippen molar-refractivity contribution in [3.05, 3.63) is 68.7 Å². The molecule has 39 heavy (non-hydrogen) atoms. The van der Waals surface area contributed by atoms with Gasteiger partial charge in [0.05, 0.1) is 37.6 Å². The molecule has 0 radical (unpaired) electrons. The minimum Gasteiger partial charge on any atom is -0.466 e. The lowest BCUT2D eigenvalue weighted by molar-refractivity contribution is -0.144. The molecule has 1 aliphatic carbocycles. The summed E-state index contributed by atoms with van der Waals surface area (Å²) in [4.78, 5) is 28.4. The molecule has 1 heterocycles. The lowest BCUT2D eigenvalue weighted by Gasteiger charge is -2.45. The van der Waals surface area contributed by atoms with Crippen molar-refractivity contribution < 1.29 is 18.8 Å². The van der Waals surface area contributed by atoms with Gasteiger partial charge in [-0.1, -0.05) is 68.2 Å². The highest BCUT2D eigenvalue weighted by molar-refractivity contribution is 6.74. The molecule has 0 bridgehead atoms. The third-order valence-electron chi connectivity index (χ3n) is 8.85. The summed E-state index contributed by atoms with van der Waals surface area (Å²) in [7, 11) is -2.06. The fourth-order valence-electron chi connectivity index (χ4n) is 5.47. The molecule has 212 valence electrons. The number of carbonyl (C=O) groups is 2. The van der Waals surface area contributed by atoms with Crippen LogP contribution < -0.4 is 0 Å². The minimum absolute atomic E-state index is 0.0202. The van der Waals surface area contributed by atoms with Gasteiger partial charge >= 0.3 is 5.97 Å². The number of fused-ring (bicyclic) bond motifs is 1. The van der Waals surface area contributed by atoms with Crippen molar-refractivity contribution in [2.45, 2.75) is 90.0 Å². The van der Waals surface area contributed by atoms with Gasteiger partial charge in [-0.3, -0.25) is 9.59 Å². The summed E-state index contributed by atoms with van der Waals surface area (Å²) in [6, 6.07) is 11.3. The van der Waals surface area contributed by atoms with E-state index >= 15 is 0 Å². The Labute approximate surface area is 244 Å². The zero-order valence-electron chi connectivity index (χ0n) is 24.1. The standard InChI is InChI=1S/C31H41Cl2NO4Si/c1-8-37-30(36)25-16-24(25)22-12-9-11-21-19(2)34(29(35)17-26-27(32)13-10-14-28(26)33)20(15-23(21)22)18-38-39(6,7)31(3,4)5/h9-14,19-20,24-25H,8,15-18H2,1-7H3/t19-,20+,24-,25+/m0/s1. The molecule has 5 nitrogen and oxygen atoms in total. The van der Waals surface area contributed by atoms with Crippen LogP contribution >= 0.6 is 23.2 Å². The van der Waals surface area contributed by atoms with Crippen LogP contribution in [0.1, 0.15) is 75.3 Å². The molecule has 1 aliphatic heterocycles. The molecule has 4 rings (SSSR count). The number of halogens is 2. The molecule has 2 aliphatic rings. The summed E-state index contributed by atoms with van der Waals surface area (Å²) in [5, 5.41) is 1.05. The van der Waals surface area contributed by atoms with E-state index in [4.69, 9.17) is 32.4 Å². The molecule has 1 saturated carbocycles. The number of esters is 1. The van der Waals surface area contributed by atoms with Gasteiger partial charge in [0.15, 0.2) is 8.32 Å². The van der Waals surface area contributed by atoms with Crippen LogP contribution in [0.15, 0.2) is 36.4 Å². The lowest BCUT2D eigenvalue weighted by atomic mass is 9.84. The molecule has 0 unspecified atom stereocenters. The first-order chi connectivity index (χ1) is 18.3. The maximum Gasteiger partial charge on any atom is 0.309 e. The summed E-state index contributed by atoms with van der Waals surface area (Å²) in [5.74, 6) is -0.0588. The van der Waals surface area contributed by atoms with Crippen LogP contribution in [0.3, 0.4) is 0 Å². The smallest absolute Gasteiger partial charge is 0.309 e. The predicted molar refractivity (Wildman–Crippen MR) is 160 cm³/mol. The maximum absolute atomic E-state index is 14.0. The van der Waals surface area contributed by atoms with Crippen LogP contribution in [-0.4, -0.2) is 44.3 Å². The summed E-state index contributed by atoms with van der Waals surface area (Å²) in [6.45, 7) is 15.9. The fraction of sp³-hybridized carbons (Fsp3) is 0.548. The van der Waals surface area contributed by atoms with Crippen molar-refractivity contribution in [1.82, 2.24) is 4.90 Å². The van der Waals surface area contributed by atoms with E-state index in [9.17, 15) is 9.59 Å². The van der Waals surface area contributed by atoms with Crippen LogP contribution in [0, 0.1) is 5.92 Å². The Morgan fingerprint density at radius 1 is 1.05 bits per heavy atom. The van der Waals surface area contributed by atoms with Crippen molar-refractivity contribution in [2.75, 3.05) is 13.2 Å². The van der Waals surface area contributed by atoms with E-state index < -0.39 is 8.32 Å². The molecule has 1 fully saturated rings. The van der Waals surface area contributed by atoms with Crippen LogP contribution in [0.2, 0.25) is 28.2 Å². The third kappa shape index (κ3) is 6.24. The topological polar surface area (TPSA) is 55.8 Å². The van der Waals surface area contributed by atoms with Gasteiger partial charge in [0, 0.05) is 10.0 Å². The van der Waals surface area contributed by atoms with Crippen LogP contribution in [0.4, 0.5) is 0 Å². The molecule has 0 N–H and O–H groups in total. The summed E-state index contributed by atoms with van der Waals surface area (Å²) in [5.41, 5.74) is 4.22. The van der Waals surface area contributed by atoms with Gasteiger partial charge in [0.25, 0.3) is 0 Å². The van der Waals surface area contributed by atoms with Crippen molar-refractivity contribution in [1.29, 1.82) is 0 Å². The first-order valence-electron chi connectivity index (χ1n) is 13.9. The molecular weight excluding hydrogens is 549 g/mol. The molecule has 8 heteroatoms. The summed E-state index contributed by atoms with van der Waals surface area (Å²) < 4.78 is 12.0. The van der Waals surface area contributed by atoms with Gasteiger partial charge < -0.3 is 14.1 Å². The number of rotatable bonds is 8. The van der Waals surface area contributed by atoms with Gasteiger partial charge in [0.2, 0.25) is 5.91 Å². The zero-order chi connectivity index (χ0) is 28.7. The minimum atomic E-state index is -2.06. The molecule has 0 spiro atoms. The second-order valence-electron chi connectivity index (χ2n) is 12.4. The normalized spacial score (nSPS) is 22.8. The average molecular weight is 591 g/mol. The lowest BCUT2D eigenvalue weighted by Crippen LogP contribution is -2.52. The second kappa shape index (κ2) is 11.6. The predicted octanol–water partition coefficient (Wildman–Crippen LogP) is 7.74. The Morgan fingerprint density at radius 3 is 2.28 bits per heavy atom. The third-order valence-corrected chi connectivity index (χ3v) is 14.1. The van der Waals surface area contributed by atoms with E-state index in [0.717, 1.165) is 12.0 Å². The van der Waals surface area contributed by atoms with E-state index in [1.54, 1.807) is 18.2 Å². The number of nitrogens with zero attached hydrogens (tertiary/aromatic N) is 1. The van der Waals surface area contributed by atoms with Crippen LogP contribution in [0.25, 0.3) is 0 Å². The molecule has 4 atom stereocenters. The van der Waals surface area contributed by atoms with E-state index in [-0.39, 0.29) is 47.3 Å². The average Bonchev–Trinajstić information content (AvgIpc) is 3.65. The second-order valence-corrected chi connectivity index (χ2v) is 18.0. The van der Waals surface area contributed by atoms with Crippen molar-refractivity contribution in [3.8, 4) is 0 Å². The molecule has 2 aromatic carbocycles. The molecule has 0 aromatic heterocycles. The number of hydrogen-bond acceptors (Lipinski definition) is 4. The zero-order valence-corrected chi connectivity index (χ0v) is 26.7. The van der Waals surface area contributed by atoms with Crippen molar-refractivity contribution in [2.24, 2.45) is 5.92 Å². The van der Waals surface area contributed by atoms with Gasteiger partial charge in [0.1, 0.15) is 0 Å². The summed E-state index contributed by atoms with van der Waals surface area (Å²) in [6.07, 6.45) is 1.61. The van der Waals surface area contributed by atoms with E-state index in [1.807, 2.05) is 17.9 Å². The van der Waals surface area contributed by atoms with Crippen molar-refractivity contribution in [3.63, 3.8) is 0 Å². The van der Waals surface area contributed by atoms with Gasteiger partial charge in [-0.25, -0.2) is 0 Å². The number of amides is 1. The Balaban J connectivity index is 1.68. The molecule has 2 aromatic rings. The Morgan fingerprint density at radius 2 is 1.67 bits per heavy atom. The highest BCUT2D eigenvalue weighted by Gasteiger charge is 2.48. The quantitative estimate of drug-likeness (QED) is 0.233. The highest BCUT2D eigenvalue weighted by atomic mass is 35.5.